The molecule has 1 amide bonds. The number of hydrogen-bond donors (Lipinski definition) is 2. The largest absolute Gasteiger partial charge is 0.384 e. The van der Waals surface area contributed by atoms with Crippen LogP contribution in [0.25, 0.3) is 0 Å². The minimum atomic E-state index is -0.228. The number of anilines is 1. The summed E-state index contributed by atoms with van der Waals surface area (Å²) < 4.78 is 0. The zero-order chi connectivity index (χ0) is 17.6. The standard InChI is InChI=1S/C16H16N6OS2/c1-10-7-12(17)20-16(19-10)24-9-13-21-22-15(25-13)14(23)18-8-11-5-3-2-4-6-11/h2-7H,8-9H2,1H3,(H,18,23)(H2,17,19,20). The Kier molecular flexibility index (Phi) is 5.56. The lowest BCUT2D eigenvalue weighted by molar-refractivity contribution is 0.0950. The van der Waals surface area contributed by atoms with Crippen molar-refractivity contribution in [3.63, 3.8) is 0 Å². The molecule has 0 saturated heterocycles. The van der Waals surface area contributed by atoms with E-state index < -0.39 is 0 Å². The van der Waals surface area contributed by atoms with Gasteiger partial charge in [0.05, 0.1) is 5.75 Å². The average Bonchev–Trinajstić information content (AvgIpc) is 3.07. The molecule has 25 heavy (non-hydrogen) atoms. The van der Waals surface area contributed by atoms with Gasteiger partial charge in [-0.05, 0) is 12.5 Å². The summed E-state index contributed by atoms with van der Waals surface area (Å²) in [6, 6.07) is 11.4. The SMILES string of the molecule is Cc1cc(N)nc(SCc2nnc(C(=O)NCc3ccccc3)s2)n1. The summed E-state index contributed by atoms with van der Waals surface area (Å²) in [5, 5.41) is 12.5. The smallest absolute Gasteiger partial charge is 0.282 e. The van der Waals surface area contributed by atoms with E-state index in [0.29, 0.717) is 28.3 Å². The molecule has 0 spiro atoms. The fourth-order valence-corrected chi connectivity index (χ4v) is 3.67. The molecule has 0 atom stereocenters. The molecule has 0 aliphatic rings. The van der Waals surface area contributed by atoms with Crippen LogP contribution in [0.1, 0.15) is 26.1 Å². The van der Waals surface area contributed by atoms with Crippen molar-refractivity contribution >= 4 is 34.8 Å². The molecule has 0 bridgehead atoms. The maximum Gasteiger partial charge on any atom is 0.282 e. The number of amides is 1. The van der Waals surface area contributed by atoms with Crippen LogP contribution in [0.2, 0.25) is 0 Å². The van der Waals surface area contributed by atoms with Crippen LogP contribution in [-0.4, -0.2) is 26.1 Å². The van der Waals surface area contributed by atoms with Crippen molar-refractivity contribution in [1.82, 2.24) is 25.5 Å². The highest BCUT2D eigenvalue weighted by Gasteiger charge is 2.13. The molecule has 0 unspecified atom stereocenters. The number of benzene rings is 1. The van der Waals surface area contributed by atoms with Crippen LogP contribution >= 0.6 is 23.1 Å². The summed E-state index contributed by atoms with van der Waals surface area (Å²) in [4.78, 5) is 20.6. The quantitative estimate of drug-likeness (QED) is 0.505. The molecule has 7 nitrogen and oxygen atoms in total. The van der Waals surface area contributed by atoms with Crippen molar-refractivity contribution in [2.45, 2.75) is 24.4 Å². The van der Waals surface area contributed by atoms with Gasteiger partial charge in [-0.3, -0.25) is 4.79 Å². The van der Waals surface area contributed by atoms with E-state index in [1.54, 1.807) is 6.07 Å². The third kappa shape index (κ3) is 4.97. The van der Waals surface area contributed by atoms with Crippen molar-refractivity contribution in [3.8, 4) is 0 Å². The maximum atomic E-state index is 12.1. The zero-order valence-corrected chi connectivity index (χ0v) is 15.1. The minimum Gasteiger partial charge on any atom is -0.384 e. The van der Waals surface area contributed by atoms with Gasteiger partial charge in [-0.1, -0.05) is 53.4 Å². The molecule has 2 heterocycles. The molecule has 128 valence electrons. The summed E-state index contributed by atoms with van der Waals surface area (Å²) in [5.74, 6) is 0.744. The number of carbonyl (C=O) groups excluding carboxylic acids is 1. The highest BCUT2D eigenvalue weighted by Crippen LogP contribution is 2.22. The predicted molar refractivity (Wildman–Crippen MR) is 98.3 cm³/mol. The van der Waals surface area contributed by atoms with E-state index in [9.17, 15) is 4.79 Å². The normalized spacial score (nSPS) is 10.6. The van der Waals surface area contributed by atoms with Gasteiger partial charge in [0.1, 0.15) is 10.8 Å². The van der Waals surface area contributed by atoms with Gasteiger partial charge < -0.3 is 11.1 Å². The molecular formula is C16H16N6OS2. The van der Waals surface area contributed by atoms with E-state index in [4.69, 9.17) is 5.73 Å². The number of nitrogen functional groups attached to an aromatic ring is 1. The van der Waals surface area contributed by atoms with E-state index in [-0.39, 0.29) is 5.91 Å². The van der Waals surface area contributed by atoms with Gasteiger partial charge in [0.15, 0.2) is 5.16 Å². The minimum absolute atomic E-state index is 0.228. The average molecular weight is 372 g/mol. The van der Waals surface area contributed by atoms with Crippen molar-refractivity contribution in [2.75, 3.05) is 5.73 Å². The number of hydrogen-bond acceptors (Lipinski definition) is 8. The van der Waals surface area contributed by atoms with Crippen molar-refractivity contribution in [1.29, 1.82) is 0 Å². The summed E-state index contributed by atoms with van der Waals surface area (Å²) in [6.45, 7) is 2.32. The van der Waals surface area contributed by atoms with Crippen molar-refractivity contribution in [2.24, 2.45) is 0 Å². The first kappa shape index (κ1) is 17.3. The Morgan fingerprint density at radius 1 is 1.24 bits per heavy atom. The molecule has 3 aromatic rings. The molecule has 0 fully saturated rings. The van der Waals surface area contributed by atoms with Crippen LogP contribution in [0.15, 0.2) is 41.6 Å². The van der Waals surface area contributed by atoms with Gasteiger partial charge in [0.25, 0.3) is 5.91 Å². The highest BCUT2D eigenvalue weighted by molar-refractivity contribution is 7.98. The molecule has 9 heteroatoms. The Balaban J connectivity index is 1.55. The number of nitrogens with two attached hydrogens (primary N) is 1. The molecule has 1 aromatic carbocycles. The zero-order valence-electron chi connectivity index (χ0n) is 13.5. The van der Waals surface area contributed by atoms with E-state index in [1.165, 1.54) is 23.1 Å². The number of nitrogens with zero attached hydrogens (tertiary/aromatic N) is 4. The third-order valence-corrected chi connectivity index (χ3v) is 5.10. The Bertz CT molecular complexity index is 848. The first-order valence-electron chi connectivity index (χ1n) is 7.48. The van der Waals surface area contributed by atoms with Gasteiger partial charge in [0, 0.05) is 18.3 Å². The summed E-state index contributed by atoms with van der Waals surface area (Å²) in [7, 11) is 0. The van der Waals surface area contributed by atoms with Crippen LogP contribution in [0.5, 0.6) is 0 Å². The predicted octanol–water partition coefficient (Wildman–Crippen LogP) is 2.44. The second kappa shape index (κ2) is 8.04. The fourth-order valence-electron chi connectivity index (χ4n) is 2.01. The summed E-state index contributed by atoms with van der Waals surface area (Å²) >= 11 is 2.67. The lowest BCUT2D eigenvalue weighted by Crippen LogP contribution is -2.22. The number of carbonyl (C=O) groups is 1. The second-order valence-electron chi connectivity index (χ2n) is 5.17. The van der Waals surface area contributed by atoms with Gasteiger partial charge >= 0.3 is 0 Å². The van der Waals surface area contributed by atoms with E-state index in [1.807, 2.05) is 37.3 Å². The molecule has 0 aliphatic heterocycles. The number of rotatable bonds is 6. The topological polar surface area (TPSA) is 107 Å². The first-order valence-corrected chi connectivity index (χ1v) is 9.29. The van der Waals surface area contributed by atoms with Gasteiger partial charge in [0.2, 0.25) is 5.01 Å². The molecular weight excluding hydrogens is 356 g/mol. The Morgan fingerprint density at radius 2 is 2.04 bits per heavy atom. The molecule has 3 rings (SSSR count). The molecule has 0 aliphatic carbocycles. The summed E-state index contributed by atoms with van der Waals surface area (Å²) in [5.41, 5.74) is 7.56. The van der Waals surface area contributed by atoms with Gasteiger partial charge in [-0.25, -0.2) is 9.97 Å². The second-order valence-corrected chi connectivity index (χ2v) is 7.18. The Morgan fingerprint density at radius 3 is 2.80 bits per heavy atom. The van der Waals surface area contributed by atoms with Crippen LogP contribution in [0, 0.1) is 6.92 Å². The van der Waals surface area contributed by atoms with Crippen LogP contribution < -0.4 is 11.1 Å². The lowest BCUT2D eigenvalue weighted by Gasteiger charge is -2.02. The molecule has 3 N–H and O–H groups in total. The maximum absolute atomic E-state index is 12.1. The first-order chi connectivity index (χ1) is 12.1. The lowest BCUT2D eigenvalue weighted by atomic mass is 10.2. The number of nitrogens with one attached hydrogen (secondary N) is 1. The van der Waals surface area contributed by atoms with Gasteiger partial charge in [-0.15, -0.1) is 10.2 Å². The molecule has 0 radical (unpaired) electrons. The van der Waals surface area contributed by atoms with Crippen LogP contribution in [0.4, 0.5) is 5.82 Å². The molecule has 0 saturated carbocycles. The van der Waals surface area contributed by atoms with E-state index in [0.717, 1.165) is 16.3 Å². The number of aromatic nitrogens is 4. The van der Waals surface area contributed by atoms with E-state index >= 15 is 0 Å². The van der Waals surface area contributed by atoms with Crippen molar-refractivity contribution in [3.05, 3.63) is 57.7 Å². The number of thioether (sulfide) groups is 1. The van der Waals surface area contributed by atoms with Crippen LogP contribution in [0.3, 0.4) is 0 Å². The Labute approximate surface area is 153 Å². The number of aryl methyl sites for hydroxylation is 1. The highest BCUT2D eigenvalue weighted by atomic mass is 32.2. The van der Waals surface area contributed by atoms with E-state index in [2.05, 4.69) is 25.5 Å². The molecule has 2 aromatic heterocycles. The summed E-state index contributed by atoms with van der Waals surface area (Å²) in [6.07, 6.45) is 0. The monoisotopic (exact) mass is 372 g/mol. The van der Waals surface area contributed by atoms with Crippen molar-refractivity contribution < 1.29 is 4.79 Å². The fraction of sp³-hybridized carbons (Fsp3) is 0.188. The van der Waals surface area contributed by atoms with Gasteiger partial charge in [-0.2, -0.15) is 0 Å². The van der Waals surface area contributed by atoms with Crippen LogP contribution in [-0.2, 0) is 12.3 Å². The third-order valence-electron chi connectivity index (χ3n) is 3.14. The Hall–Kier alpha value is -2.52.